The molecule has 1 aromatic heterocycles. The molecule has 0 aliphatic carbocycles. The number of carbonyl (C=O) groups excluding carboxylic acids is 1. The third-order valence-electron chi connectivity index (χ3n) is 6.20. The van der Waals surface area contributed by atoms with Gasteiger partial charge in [0.25, 0.3) is 5.91 Å². The fourth-order valence-electron chi connectivity index (χ4n) is 4.43. The van der Waals surface area contributed by atoms with E-state index in [9.17, 15) is 13.2 Å². The van der Waals surface area contributed by atoms with Gasteiger partial charge in [-0.1, -0.05) is 48.5 Å². The normalized spacial score (nSPS) is 13.2. The number of hydrogen-bond acceptors (Lipinski definition) is 7. The molecule has 0 saturated carbocycles. The molecule has 184 valence electrons. The van der Waals surface area contributed by atoms with Gasteiger partial charge in [-0.25, -0.2) is 23.1 Å². The lowest BCUT2D eigenvalue weighted by atomic mass is 10.0. The van der Waals surface area contributed by atoms with Crippen LogP contribution in [-0.2, 0) is 23.1 Å². The van der Waals surface area contributed by atoms with Gasteiger partial charge in [0.05, 0.1) is 10.4 Å². The Kier molecular flexibility index (Phi) is 6.40. The minimum absolute atomic E-state index is 0.00650. The molecule has 0 atom stereocenters. The zero-order valence-corrected chi connectivity index (χ0v) is 20.5. The second kappa shape index (κ2) is 9.65. The van der Waals surface area contributed by atoms with Crippen molar-refractivity contribution in [2.45, 2.75) is 18.0 Å². The van der Waals surface area contributed by atoms with E-state index in [0.717, 1.165) is 11.1 Å². The molecule has 3 aromatic carbocycles. The smallest absolute Gasteiger partial charge is 0.273 e. The highest BCUT2D eigenvalue weighted by atomic mass is 32.2. The first-order chi connectivity index (χ1) is 17.4. The fourth-order valence-corrected chi connectivity index (χ4v) is 5.69. The molecule has 1 aliphatic rings. The van der Waals surface area contributed by atoms with Gasteiger partial charge in [-0.05, 0) is 41.9 Å². The average Bonchev–Trinajstić information content (AvgIpc) is 3.32. The number of sulfonamides is 1. The van der Waals surface area contributed by atoms with Gasteiger partial charge in [0.1, 0.15) is 5.69 Å². The number of benzene rings is 3. The van der Waals surface area contributed by atoms with E-state index in [1.807, 2.05) is 24.3 Å². The van der Waals surface area contributed by atoms with Crippen LogP contribution in [0.4, 0.5) is 5.95 Å². The molecule has 0 fully saturated rings. The monoisotopic (exact) mass is 502 g/mol. The number of nitrogens with two attached hydrogens (primary N) is 1. The van der Waals surface area contributed by atoms with Gasteiger partial charge in [-0.3, -0.25) is 4.79 Å². The van der Waals surface area contributed by atoms with Crippen molar-refractivity contribution in [2.75, 3.05) is 25.9 Å². The van der Waals surface area contributed by atoms with Gasteiger partial charge >= 0.3 is 0 Å². The molecular formula is C26H26N6O3S. The van der Waals surface area contributed by atoms with Crippen LogP contribution in [0.5, 0.6) is 0 Å². The second-order valence-corrected chi connectivity index (χ2v) is 10.3. The van der Waals surface area contributed by atoms with E-state index in [0.29, 0.717) is 41.7 Å². The topological polar surface area (TPSA) is 130 Å². The molecule has 5 rings (SSSR count). The van der Waals surface area contributed by atoms with E-state index in [1.54, 1.807) is 54.4 Å². The summed E-state index contributed by atoms with van der Waals surface area (Å²) >= 11 is 0. The third-order valence-corrected chi connectivity index (χ3v) is 7.72. The van der Waals surface area contributed by atoms with E-state index in [1.165, 1.54) is 0 Å². The molecule has 1 aliphatic heterocycles. The van der Waals surface area contributed by atoms with Crippen molar-refractivity contribution >= 4 is 32.8 Å². The number of amides is 1. The summed E-state index contributed by atoms with van der Waals surface area (Å²) in [7, 11) is -2.00. The van der Waals surface area contributed by atoms with Gasteiger partial charge in [-0.15, -0.1) is 0 Å². The van der Waals surface area contributed by atoms with Crippen LogP contribution in [-0.4, -0.2) is 49.3 Å². The number of likely N-dealkylation sites (N-methyl/N-ethyl adjacent to an activating group) is 1. The quantitative estimate of drug-likeness (QED) is 0.331. The lowest BCUT2D eigenvalue weighted by molar-refractivity contribution is 0.0747. The Bertz CT molecular complexity index is 1550. The molecule has 1 amide bonds. The number of nitrogen functional groups attached to an aromatic ring is 1. The van der Waals surface area contributed by atoms with Crippen LogP contribution in [0.2, 0.25) is 0 Å². The van der Waals surface area contributed by atoms with Gasteiger partial charge < -0.3 is 16.0 Å². The minimum Gasteiger partial charge on any atom is -0.368 e. The first kappa shape index (κ1) is 23.9. The summed E-state index contributed by atoms with van der Waals surface area (Å²) in [5.41, 5.74) is 10.00. The number of nitrogens with one attached hydrogen (secondary N) is 2. The third kappa shape index (κ3) is 4.53. The van der Waals surface area contributed by atoms with E-state index < -0.39 is 10.0 Å². The molecule has 0 bridgehead atoms. The maximum Gasteiger partial charge on any atom is 0.273 e. The highest BCUT2D eigenvalue weighted by molar-refractivity contribution is 7.89. The number of carbonyl (C=O) groups is 1. The Morgan fingerprint density at radius 1 is 0.972 bits per heavy atom. The minimum atomic E-state index is -3.76. The van der Waals surface area contributed by atoms with Crippen LogP contribution in [0.25, 0.3) is 22.0 Å². The van der Waals surface area contributed by atoms with E-state index in [4.69, 9.17) is 5.73 Å². The van der Waals surface area contributed by atoms with Gasteiger partial charge in [0, 0.05) is 37.1 Å². The maximum atomic E-state index is 13.6. The first-order valence-electron chi connectivity index (χ1n) is 11.5. The van der Waals surface area contributed by atoms with E-state index >= 15 is 0 Å². The molecular weight excluding hydrogens is 476 g/mol. The number of anilines is 1. The number of fused-ring (bicyclic) bond motifs is 2. The molecule has 0 radical (unpaired) electrons. The van der Waals surface area contributed by atoms with Gasteiger partial charge in [0.15, 0.2) is 0 Å². The lowest BCUT2D eigenvalue weighted by Gasteiger charge is -2.17. The Labute approximate surface area is 209 Å². The summed E-state index contributed by atoms with van der Waals surface area (Å²) in [5.74, 6) is -0.246. The SMILES string of the molecule is CNCCNS(=O)(=O)c1ccccc1-c1ccc2nc(N)nc(C(=O)N3Cc4ccccc4C3)c2c1. The predicted octanol–water partition coefficient (Wildman–Crippen LogP) is 2.53. The molecule has 0 saturated heterocycles. The van der Waals surface area contributed by atoms with Gasteiger partial charge in [-0.2, -0.15) is 0 Å². The number of rotatable bonds is 7. The van der Waals surface area contributed by atoms with Crippen molar-refractivity contribution in [3.8, 4) is 11.1 Å². The van der Waals surface area contributed by atoms with Crippen LogP contribution in [0, 0.1) is 0 Å². The molecule has 4 aromatic rings. The van der Waals surface area contributed by atoms with E-state index in [-0.39, 0.29) is 29.0 Å². The highest BCUT2D eigenvalue weighted by Gasteiger charge is 2.27. The van der Waals surface area contributed by atoms with Crippen LogP contribution >= 0.6 is 0 Å². The molecule has 36 heavy (non-hydrogen) atoms. The molecule has 10 heteroatoms. The lowest BCUT2D eigenvalue weighted by Crippen LogP contribution is -2.30. The number of aromatic nitrogens is 2. The van der Waals surface area contributed by atoms with Crippen molar-refractivity contribution in [2.24, 2.45) is 0 Å². The molecule has 9 nitrogen and oxygen atoms in total. The zero-order valence-electron chi connectivity index (χ0n) is 19.7. The maximum absolute atomic E-state index is 13.6. The van der Waals surface area contributed by atoms with Crippen LogP contribution in [0.1, 0.15) is 21.6 Å². The Balaban J connectivity index is 1.56. The summed E-state index contributed by atoms with van der Waals surface area (Å²) in [4.78, 5) is 24.0. The zero-order chi connectivity index (χ0) is 25.3. The highest BCUT2D eigenvalue weighted by Crippen LogP contribution is 2.32. The Morgan fingerprint density at radius 2 is 1.67 bits per heavy atom. The summed E-state index contributed by atoms with van der Waals surface area (Å²) in [5, 5.41) is 3.43. The molecule has 2 heterocycles. The number of nitrogens with zero attached hydrogens (tertiary/aromatic N) is 3. The standard InChI is InChI=1S/C26H26N6O3S/c1-28-12-13-29-36(34,35)23-9-5-4-8-20(23)17-10-11-22-21(14-17)24(31-26(27)30-22)25(33)32-15-18-6-2-3-7-19(18)16-32/h2-11,14,28-29H,12-13,15-16H2,1H3,(H2,27,30,31). The summed E-state index contributed by atoms with van der Waals surface area (Å²) in [6, 6.07) is 20.0. The summed E-state index contributed by atoms with van der Waals surface area (Å²) < 4.78 is 28.7. The predicted molar refractivity (Wildman–Crippen MR) is 139 cm³/mol. The van der Waals surface area contributed by atoms with Crippen molar-refractivity contribution in [1.29, 1.82) is 0 Å². The summed E-state index contributed by atoms with van der Waals surface area (Å²) in [6.07, 6.45) is 0. The van der Waals surface area contributed by atoms with Crippen LogP contribution in [0.3, 0.4) is 0 Å². The summed E-state index contributed by atoms with van der Waals surface area (Å²) in [6.45, 7) is 1.73. The van der Waals surface area contributed by atoms with Crippen molar-refractivity contribution in [3.63, 3.8) is 0 Å². The van der Waals surface area contributed by atoms with E-state index in [2.05, 4.69) is 20.0 Å². The van der Waals surface area contributed by atoms with Crippen LogP contribution in [0.15, 0.2) is 71.6 Å². The van der Waals surface area contributed by atoms with Crippen molar-refractivity contribution < 1.29 is 13.2 Å². The van der Waals surface area contributed by atoms with Crippen LogP contribution < -0.4 is 15.8 Å². The Hall–Kier alpha value is -3.86. The molecule has 4 N–H and O–H groups in total. The first-order valence-corrected chi connectivity index (χ1v) is 13.0. The fraction of sp³-hybridized carbons (Fsp3) is 0.192. The Morgan fingerprint density at radius 3 is 2.39 bits per heavy atom. The van der Waals surface area contributed by atoms with Gasteiger partial charge in [0.2, 0.25) is 16.0 Å². The van der Waals surface area contributed by atoms with Crippen molar-refractivity contribution in [1.82, 2.24) is 24.9 Å². The van der Waals surface area contributed by atoms with Crippen molar-refractivity contribution in [3.05, 3.63) is 83.6 Å². The molecule has 0 unspecified atom stereocenters. The number of hydrogen-bond donors (Lipinski definition) is 3. The average molecular weight is 503 g/mol. The second-order valence-electron chi connectivity index (χ2n) is 8.59. The largest absolute Gasteiger partial charge is 0.368 e. The molecule has 0 spiro atoms.